The third kappa shape index (κ3) is 3.85. The third-order valence-electron chi connectivity index (χ3n) is 3.85. The molecule has 7 nitrogen and oxygen atoms in total. The molecule has 2 heterocycles. The van der Waals surface area contributed by atoms with Crippen molar-refractivity contribution in [2.75, 3.05) is 7.05 Å². The summed E-state index contributed by atoms with van der Waals surface area (Å²) in [6.07, 6.45) is 1.56. The number of hydrogen-bond acceptors (Lipinski definition) is 5. The van der Waals surface area contributed by atoms with Gasteiger partial charge in [0.05, 0.1) is 5.71 Å². The molecule has 0 fully saturated rings. The van der Waals surface area contributed by atoms with E-state index in [2.05, 4.69) is 15.4 Å². The lowest BCUT2D eigenvalue weighted by Gasteiger charge is -2.11. The van der Waals surface area contributed by atoms with Gasteiger partial charge in [0, 0.05) is 25.9 Å². The first-order valence-electron chi connectivity index (χ1n) is 7.93. The Bertz CT molecular complexity index is 850. The predicted molar refractivity (Wildman–Crippen MR) is 91.9 cm³/mol. The van der Waals surface area contributed by atoms with Gasteiger partial charge in [-0.1, -0.05) is 6.07 Å². The number of nitrogens with one attached hydrogen (secondary N) is 1. The van der Waals surface area contributed by atoms with E-state index in [-0.39, 0.29) is 18.3 Å². The molecule has 1 N–H and O–H groups in total. The molecule has 26 heavy (non-hydrogen) atoms. The first-order chi connectivity index (χ1) is 12.4. The van der Waals surface area contributed by atoms with Crippen molar-refractivity contribution >= 4 is 17.5 Å². The summed E-state index contributed by atoms with van der Waals surface area (Å²) >= 11 is 0. The second-order valence-corrected chi connectivity index (χ2v) is 5.81. The zero-order valence-corrected chi connectivity index (χ0v) is 14.3. The Kier molecular flexibility index (Phi) is 4.92. The number of hydrogen-bond donors (Lipinski definition) is 1. The first kappa shape index (κ1) is 17.5. The minimum Gasteiger partial charge on any atom is -0.439 e. The molecule has 1 aromatic carbocycles. The number of aromatic nitrogens is 1. The molecule has 0 unspecified atom stereocenters. The molecule has 8 heteroatoms. The van der Waals surface area contributed by atoms with Gasteiger partial charge in [0.1, 0.15) is 11.6 Å². The molecule has 0 saturated heterocycles. The standard InChI is InChI=1S/C18H17FN4O3/c1-11-16(18(25)23(2)22-11)17(24)21-10-12-3-8-15(20-9-12)26-14-6-4-13(19)5-7-14/h3-9,16H,10H2,1-2H3,(H,21,24)/t16-/m0/s1. The fourth-order valence-corrected chi connectivity index (χ4v) is 2.50. The van der Waals surface area contributed by atoms with Gasteiger partial charge in [-0.25, -0.2) is 14.4 Å². The Morgan fingerprint density at radius 1 is 1.27 bits per heavy atom. The largest absolute Gasteiger partial charge is 0.439 e. The van der Waals surface area contributed by atoms with Crippen molar-refractivity contribution in [2.24, 2.45) is 11.0 Å². The van der Waals surface area contributed by atoms with E-state index in [1.54, 1.807) is 25.3 Å². The molecule has 1 aliphatic rings. The van der Waals surface area contributed by atoms with Crippen LogP contribution in [-0.4, -0.2) is 34.6 Å². The lowest BCUT2D eigenvalue weighted by atomic mass is 10.0. The molecule has 2 amide bonds. The van der Waals surface area contributed by atoms with Crippen LogP contribution < -0.4 is 10.1 Å². The number of halogens is 1. The second-order valence-electron chi connectivity index (χ2n) is 5.81. The van der Waals surface area contributed by atoms with E-state index in [4.69, 9.17) is 4.74 Å². The molecule has 1 atom stereocenters. The summed E-state index contributed by atoms with van der Waals surface area (Å²) in [5.74, 6) is -1.15. The fourth-order valence-electron chi connectivity index (χ4n) is 2.50. The lowest BCUT2D eigenvalue weighted by molar-refractivity contribution is -0.136. The summed E-state index contributed by atoms with van der Waals surface area (Å²) in [4.78, 5) is 28.3. The molecule has 0 bridgehead atoms. The van der Waals surface area contributed by atoms with Crippen LogP contribution in [0.1, 0.15) is 12.5 Å². The summed E-state index contributed by atoms with van der Waals surface area (Å²) in [7, 11) is 1.52. The highest BCUT2D eigenvalue weighted by Crippen LogP contribution is 2.19. The molecule has 134 valence electrons. The number of amides is 2. The van der Waals surface area contributed by atoms with Gasteiger partial charge in [0.15, 0.2) is 5.92 Å². The van der Waals surface area contributed by atoms with E-state index < -0.39 is 11.8 Å². The van der Waals surface area contributed by atoms with Crippen molar-refractivity contribution in [1.29, 1.82) is 0 Å². The molecule has 0 aliphatic carbocycles. The van der Waals surface area contributed by atoms with Gasteiger partial charge in [-0.15, -0.1) is 0 Å². The van der Waals surface area contributed by atoms with Gasteiger partial charge in [0.2, 0.25) is 11.8 Å². The van der Waals surface area contributed by atoms with Crippen LogP contribution in [0, 0.1) is 11.7 Å². The lowest BCUT2D eigenvalue weighted by Crippen LogP contribution is -2.39. The van der Waals surface area contributed by atoms with Crippen LogP contribution in [0.25, 0.3) is 0 Å². The molecular weight excluding hydrogens is 339 g/mol. The SMILES string of the molecule is CC1=NN(C)C(=O)[C@@H]1C(=O)NCc1ccc(Oc2ccc(F)cc2)nc1. The highest BCUT2D eigenvalue weighted by Gasteiger charge is 2.37. The quantitative estimate of drug-likeness (QED) is 0.832. The van der Waals surface area contributed by atoms with Crippen molar-refractivity contribution in [1.82, 2.24) is 15.3 Å². The van der Waals surface area contributed by atoms with E-state index in [9.17, 15) is 14.0 Å². The van der Waals surface area contributed by atoms with Crippen LogP contribution in [0.5, 0.6) is 11.6 Å². The van der Waals surface area contributed by atoms with Gasteiger partial charge in [-0.05, 0) is 36.8 Å². The Labute approximate surface area is 149 Å². The topological polar surface area (TPSA) is 83.9 Å². The Hall–Kier alpha value is -3.29. The molecule has 0 spiro atoms. The van der Waals surface area contributed by atoms with E-state index in [1.165, 1.54) is 36.3 Å². The normalized spacial score (nSPS) is 16.4. The van der Waals surface area contributed by atoms with Crippen LogP contribution in [0.3, 0.4) is 0 Å². The van der Waals surface area contributed by atoms with Gasteiger partial charge < -0.3 is 10.1 Å². The summed E-state index contributed by atoms with van der Waals surface area (Å²) in [6, 6.07) is 9.00. The number of ether oxygens (including phenoxy) is 1. The maximum atomic E-state index is 12.9. The maximum absolute atomic E-state index is 12.9. The fraction of sp³-hybridized carbons (Fsp3) is 0.222. The number of benzene rings is 1. The summed E-state index contributed by atoms with van der Waals surface area (Å²) in [5.41, 5.74) is 1.22. The maximum Gasteiger partial charge on any atom is 0.260 e. The van der Waals surface area contributed by atoms with E-state index >= 15 is 0 Å². The van der Waals surface area contributed by atoms with Gasteiger partial charge in [-0.3, -0.25) is 9.59 Å². The zero-order valence-electron chi connectivity index (χ0n) is 14.3. The molecule has 1 aliphatic heterocycles. The zero-order chi connectivity index (χ0) is 18.7. The number of carbonyl (C=O) groups excluding carboxylic acids is 2. The molecule has 0 saturated carbocycles. The van der Waals surface area contributed by atoms with Crippen molar-refractivity contribution in [3.8, 4) is 11.6 Å². The number of hydrazone groups is 1. The highest BCUT2D eigenvalue weighted by molar-refractivity contribution is 6.21. The van der Waals surface area contributed by atoms with Gasteiger partial charge in [0.25, 0.3) is 5.91 Å². The van der Waals surface area contributed by atoms with Crippen LogP contribution in [-0.2, 0) is 16.1 Å². The number of pyridine rings is 1. The van der Waals surface area contributed by atoms with Crippen LogP contribution in [0.2, 0.25) is 0 Å². The van der Waals surface area contributed by atoms with E-state index in [0.717, 1.165) is 5.56 Å². The smallest absolute Gasteiger partial charge is 0.260 e. The number of rotatable bonds is 5. The van der Waals surface area contributed by atoms with E-state index in [1.807, 2.05) is 0 Å². The Balaban J connectivity index is 1.56. The van der Waals surface area contributed by atoms with Crippen molar-refractivity contribution in [3.63, 3.8) is 0 Å². The summed E-state index contributed by atoms with van der Waals surface area (Å²) < 4.78 is 18.4. The summed E-state index contributed by atoms with van der Waals surface area (Å²) in [5, 5.41) is 7.85. The first-order valence-corrected chi connectivity index (χ1v) is 7.93. The molecule has 3 rings (SSSR count). The predicted octanol–water partition coefficient (Wildman–Crippen LogP) is 2.09. The van der Waals surface area contributed by atoms with Crippen molar-refractivity contribution in [2.45, 2.75) is 13.5 Å². The number of carbonyl (C=O) groups is 2. The molecule has 2 aromatic rings. The van der Waals surface area contributed by atoms with Gasteiger partial charge >= 0.3 is 0 Å². The molecular formula is C18H17FN4O3. The van der Waals surface area contributed by atoms with Crippen molar-refractivity contribution in [3.05, 3.63) is 54.0 Å². The van der Waals surface area contributed by atoms with Crippen LogP contribution in [0.4, 0.5) is 4.39 Å². The molecule has 0 radical (unpaired) electrons. The second kappa shape index (κ2) is 7.30. The van der Waals surface area contributed by atoms with Gasteiger partial charge in [-0.2, -0.15) is 5.10 Å². The third-order valence-corrected chi connectivity index (χ3v) is 3.85. The van der Waals surface area contributed by atoms with Crippen LogP contribution in [0.15, 0.2) is 47.7 Å². The van der Waals surface area contributed by atoms with Crippen molar-refractivity contribution < 1.29 is 18.7 Å². The van der Waals surface area contributed by atoms with E-state index in [0.29, 0.717) is 17.3 Å². The highest BCUT2D eigenvalue weighted by atomic mass is 19.1. The number of nitrogens with zero attached hydrogens (tertiary/aromatic N) is 3. The minimum absolute atomic E-state index is 0.226. The van der Waals surface area contributed by atoms with Crippen LogP contribution >= 0.6 is 0 Å². The minimum atomic E-state index is -0.881. The monoisotopic (exact) mass is 356 g/mol. The Morgan fingerprint density at radius 3 is 2.58 bits per heavy atom. The Morgan fingerprint density at radius 2 is 2.00 bits per heavy atom. The average Bonchev–Trinajstić information content (AvgIpc) is 2.88. The average molecular weight is 356 g/mol. The molecule has 1 aromatic heterocycles. The summed E-state index contributed by atoms with van der Waals surface area (Å²) in [6.45, 7) is 1.87.